The van der Waals surface area contributed by atoms with E-state index in [0.717, 1.165) is 45.2 Å². The molecule has 1 aliphatic carbocycles. The molecule has 2 N–H and O–H groups in total. The molecule has 21 heavy (non-hydrogen) atoms. The summed E-state index contributed by atoms with van der Waals surface area (Å²) in [5.41, 5.74) is 0.386. The van der Waals surface area contributed by atoms with Crippen LogP contribution in [0, 0.1) is 17.3 Å². The lowest BCUT2D eigenvalue weighted by atomic mass is 9.79. The number of ether oxygens (including phenoxy) is 1. The van der Waals surface area contributed by atoms with Crippen molar-refractivity contribution in [3.63, 3.8) is 0 Å². The second-order valence-electron chi connectivity index (χ2n) is 7.55. The van der Waals surface area contributed by atoms with E-state index in [4.69, 9.17) is 4.74 Å². The fraction of sp³-hybridized carbons (Fsp3) is 1.00. The number of nitrogens with zero attached hydrogens (tertiary/aromatic N) is 1. The zero-order chi connectivity index (χ0) is 14.7. The standard InChI is InChI=1S/C17H32N2O2/c1-2-7-18-12-17(5-8-21-9-6-17)13-19-10-14-3-4-16(20)15(14)11-19/h14-16,18,20H,2-13H2,1H3. The fourth-order valence-corrected chi connectivity index (χ4v) is 4.66. The number of hydrogen-bond donors (Lipinski definition) is 2. The third-order valence-electron chi connectivity index (χ3n) is 5.93. The molecule has 0 bridgehead atoms. The number of aliphatic hydroxyl groups excluding tert-OH is 1. The first-order chi connectivity index (χ1) is 10.2. The summed E-state index contributed by atoms with van der Waals surface area (Å²) >= 11 is 0. The maximum atomic E-state index is 10.1. The Morgan fingerprint density at radius 3 is 2.76 bits per heavy atom. The molecule has 2 saturated heterocycles. The molecule has 0 aromatic carbocycles. The molecule has 3 atom stereocenters. The van der Waals surface area contributed by atoms with Crippen molar-refractivity contribution in [1.29, 1.82) is 0 Å². The van der Waals surface area contributed by atoms with Crippen LogP contribution in [0.4, 0.5) is 0 Å². The van der Waals surface area contributed by atoms with Gasteiger partial charge in [0.2, 0.25) is 0 Å². The average Bonchev–Trinajstić information content (AvgIpc) is 3.02. The highest BCUT2D eigenvalue weighted by Crippen LogP contribution is 2.40. The Bertz CT molecular complexity index is 331. The zero-order valence-electron chi connectivity index (χ0n) is 13.5. The summed E-state index contributed by atoms with van der Waals surface area (Å²) in [5, 5.41) is 13.7. The molecule has 2 aliphatic heterocycles. The minimum Gasteiger partial charge on any atom is -0.393 e. The Kier molecular flexibility index (Phi) is 5.20. The molecule has 3 rings (SSSR count). The predicted octanol–water partition coefficient (Wildman–Crippen LogP) is 1.49. The Morgan fingerprint density at radius 2 is 2.05 bits per heavy atom. The van der Waals surface area contributed by atoms with Crippen molar-refractivity contribution >= 4 is 0 Å². The summed E-state index contributed by atoms with van der Waals surface area (Å²) in [7, 11) is 0. The first-order valence-corrected chi connectivity index (χ1v) is 8.91. The molecule has 0 spiro atoms. The minimum absolute atomic E-state index is 0.0381. The molecule has 2 heterocycles. The van der Waals surface area contributed by atoms with Crippen LogP contribution in [0.2, 0.25) is 0 Å². The van der Waals surface area contributed by atoms with Crippen molar-refractivity contribution in [3.05, 3.63) is 0 Å². The topological polar surface area (TPSA) is 44.7 Å². The second kappa shape index (κ2) is 6.95. The molecule has 0 radical (unpaired) electrons. The molecule has 4 nitrogen and oxygen atoms in total. The number of aliphatic hydroxyl groups is 1. The van der Waals surface area contributed by atoms with Crippen LogP contribution in [0.5, 0.6) is 0 Å². The maximum Gasteiger partial charge on any atom is 0.0583 e. The summed E-state index contributed by atoms with van der Waals surface area (Å²) in [6.45, 7) is 9.80. The summed E-state index contributed by atoms with van der Waals surface area (Å²) in [6, 6.07) is 0. The first kappa shape index (κ1) is 15.7. The van der Waals surface area contributed by atoms with Gasteiger partial charge in [0.1, 0.15) is 0 Å². The molecule has 3 aliphatic rings. The van der Waals surface area contributed by atoms with Gasteiger partial charge in [-0.15, -0.1) is 0 Å². The normalized spacial score (nSPS) is 36.0. The van der Waals surface area contributed by atoms with Gasteiger partial charge in [0.05, 0.1) is 6.10 Å². The smallest absolute Gasteiger partial charge is 0.0583 e. The summed E-state index contributed by atoms with van der Waals surface area (Å²) < 4.78 is 5.60. The third-order valence-corrected chi connectivity index (χ3v) is 5.93. The lowest BCUT2D eigenvalue weighted by Crippen LogP contribution is -2.47. The van der Waals surface area contributed by atoms with E-state index in [0.29, 0.717) is 11.3 Å². The Labute approximate surface area is 129 Å². The van der Waals surface area contributed by atoms with E-state index in [1.807, 2.05) is 0 Å². The maximum absolute atomic E-state index is 10.1. The van der Waals surface area contributed by atoms with Crippen LogP contribution in [-0.2, 0) is 4.74 Å². The largest absolute Gasteiger partial charge is 0.393 e. The van der Waals surface area contributed by atoms with Crippen molar-refractivity contribution in [2.45, 2.75) is 45.1 Å². The summed E-state index contributed by atoms with van der Waals surface area (Å²) in [4.78, 5) is 2.64. The summed E-state index contributed by atoms with van der Waals surface area (Å²) in [6.07, 6.45) is 5.78. The van der Waals surface area contributed by atoms with Gasteiger partial charge in [-0.1, -0.05) is 6.92 Å². The van der Waals surface area contributed by atoms with Crippen molar-refractivity contribution in [1.82, 2.24) is 10.2 Å². The van der Waals surface area contributed by atoms with Gasteiger partial charge >= 0.3 is 0 Å². The second-order valence-corrected chi connectivity index (χ2v) is 7.55. The van der Waals surface area contributed by atoms with E-state index in [1.54, 1.807) is 0 Å². The quantitative estimate of drug-likeness (QED) is 0.729. The fourth-order valence-electron chi connectivity index (χ4n) is 4.66. The highest BCUT2D eigenvalue weighted by molar-refractivity contribution is 4.96. The molecule has 3 unspecified atom stereocenters. The molecule has 0 aromatic rings. The van der Waals surface area contributed by atoms with Gasteiger partial charge in [0.15, 0.2) is 0 Å². The molecular formula is C17H32N2O2. The van der Waals surface area contributed by atoms with Gasteiger partial charge in [0.25, 0.3) is 0 Å². The highest BCUT2D eigenvalue weighted by atomic mass is 16.5. The number of rotatable bonds is 6. The number of nitrogens with one attached hydrogen (secondary N) is 1. The molecule has 1 saturated carbocycles. The Balaban J connectivity index is 1.57. The minimum atomic E-state index is -0.0381. The van der Waals surface area contributed by atoms with E-state index in [1.165, 1.54) is 38.8 Å². The lowest BCUT2D eigenvalue weighted by molar-refractivity contribution is -0.00305. The Hall–Kier alpha value is -0.160. The van der Waals surface area contributed by atoms with Gasteiger partial charge in [-0.25, -0.2) is 0 Å². The lowest BCUT2D eigenvalue weighted by Gasteiger charge is -2.40. The Morgan fingerprint density at radius 1 is 1.24 bits per heavy atom. The van der Waals surface area contributed by atoms with E-state index in [9.17, 15) is 5.11 Å². The van der Waals surface area contributed by atoms with Gasteiger partial charge in [-0.3, -0.25) is 0 Å². The van der Waals surface area contributed by atoms with Crippen LogP contribution in [-0.4, -0.2) is 62.0 Å². The monoisotopic (exact) mass is 296 g/mol. The van der Waals surface area contributed by atoms with E-state index < -0.39 is 0 Å². The van der Waals surface area contributed by atoms with Gasteiger partial charge in [0, 0.05) is 45.3 Å². The molecule has 122 valence electrons. The molecule has 3 fully saturated rings. The summed E-state index contributed by atoms with van der Waals surface area (Å²) in [5.74, 6) is 1.30. The SMILES string of the molecule is CCCNCC1(CN2CC3CCC(O)C3C2)CCOCC1. The van der Waals surface area contributed by atoms with Crippen LogP contribution in [0.3, 0.4) is 0 Å². The van der Waals surface area contributed by atoms with E-state index >= 15 is 0 Å². The molecular weight excluding hydrogens is 264 g/mol. The predicted molar refractivity (Wildman–Crippen MR) is 84.3 cm³/mol. The molecule has 4 heteroatoms. The zero-order valence-corrected chi connectivity index (χ0v) is 13.5. The van der Waals surface area contributed by atoms with E-state index in [-0.39, 0.29) is 6.10 Å². The van der Waals surface area contributed by atoms with Crippen molar-refractivity contribution < 1.29 is 9.84 Å². The molecule has 0 amide bonds. The first-order valence-electron chi connectivity index (χ1n) is 8.91. The average molecular weight is 296 g/mol. The van der Waals surface area contributed by atoms with Crippen LogP contribution in [0.15, 0.2) is 0 Å². The number of likely N-dealkylation sites (tertiary alicyclic amines) is 1. The van der Waals surface area contributed by atoms with Crippen LogP contribution in [0.25, 0.3) is 0 Å². The number of fused-ring (bicyclic) bond motifs is 1. The number of hydrogen-bond acceptors (Lipinski definition) is 4. The van der Waals surface area contributed by atoms with Crippen molar-refractivity contribution in [2.24, 2.45) is 17.3 Å². The van der Waals surface area contributed by atoms with E-state index in [2.05, 4.69) is 17.1 Å². The molecule has 0 aromatic heterocycles. The van der Waals surface area contributed by atoms with Crippen LogP contribution in [0.1, 0.15) is 39.0 Å². The third kappa shape index (κ3) is 3.61. The van der Waals surface area contributed by atoms with Gasteiger partial charge < -0.3 is 20.1 Å². The van der Waals surface area contributed by atoms with Crippen molar-refractivity contribution in [3.8, 4) is 0 Å². The van der Waals surface area contributed by atoms with Gasteiger partial charge in [-0.2, -0.15) is 0 Å². The van der Waals surface area contributed by atoms with Crippen LogP contribution < -0.4 is 5.32 Å². The van der Waals surface area contributed by atoms with Gasteiger partial charge in [-0.05, 0) is 50.0 Å². The highest BCUT2D eigenvalue weighted by Gasteiger charge is 2.44. The van der Waals surface area contributed by atoms with Crippen molar-refractivity contribution in [2.75, 3.05) is 45.9 Å². The van der Waals surface area contributed by atoms with Crippen LogP contribution >= 0.6 is 0 Å².